The molecule has 0 N–H and O–H groups in total. The number of anilines is 1. The lowest BCUT2D eigenvalue weighted by Crippen LogP contribution is -2.36. The third kappa shape index (κ3) is 8.48. The fraction of sp³-hybridized carbons (Fsp3) is 0.448. The van der Waals surface area contributed by atoms with Gasteiger partial charge in [0.1, 0.15) is 5.75 Å². The number of hydrazine groups is 1. The number of hydrogen-bond acceptors (Lipinski definition) is 3. The van der Waals surface area contributed by atoms with Gasteiger partial charge in [-0.25, -0.2) is 0 Å². The molecular weight excluding hydrogens is 543 g/mol. The summed E-state index contributed by atoms with van der Waals surface area (Å²) in [4.78, 5) is 0. The summed E-state index contributed by atoms with van der Waals surface area (Å²) in [6.07, 6.45) is 7.19. The average molecular weight is 582 g/mol. The van der Waals surface area contributed by atoms with Gasteiger partial charge in [0.2, 0.25) is 0 Å². The van der Waals surface area contributed by atoms with Gasteiger partial charge in [-0.1, -0.05) is 94.4 Å². The van der Waals surface area contributed by atoms with E-state index in [4.69, 9.17) is 27.9 Å². The van der Waals surface area contributed by atoms with Crippen molar-refractivity contribution in [1.82, 2.24) is 5.01 Å². The largest absolute Gasteiger partial charge is 0.494 e. The number of para-hydroxylation sites is 1. The summed E-state index contributed by atoms with van der Waals surface area (Å²) in [5.41, 5.74) is 3.45. The second-order valence-electron chi connectivity index (χ2n) is 8.58. The molecule has 0 unspecified atom stereocenters. The molecule has 0 amide bonds. The Morgan fingerprint density at radius 3 is 2.11 bits per heavy atom. The number of rotatable bonds is 11. The second-order valence-corrected chi connectivity index (χ2v) is 10.2. The standard InChI is InChI=1S/C15H22Cl2O.C14H17BrN2/c1-3-5-12(6-4-2)9-10-18-13-7-8-14(16)15(17)11-13;1-4-13-14(15)11(3)17(16(13)5-2)12-9-7-6-8-10-12/h7-8,11-12H,3-6,9-10H2,1-2H3;6-10H,3-5H2,1-2H3. The van der Waals surface area contributed by atoms with E-state index >= 15 is 0 Å². The van der Waals surface area contributed by atoms with Crippen LogP contribution in [0.25, 0.3) is 0 Å². The Bertz CT molecular complexity index is 958. The highest BCUT2D eigenvalue weighted by Crippen LogP contribution is 2.39. The van der Waals surface area contributed by atoms with Crippen LogP contribution in [0.3, 0.4) is 0 Å². The van der Waals surface area contributed by atoms with Gasteiger partial charge in [0.15, 0.2) is 0 Å². The third-order valence-corrected chi connectivity index (χ3v) is 7.68. The molecule has 192 valence electrons. The monoisotopic (exact) mass is 580 g/mol. The van der Waals surface area contributed by atoms with E-state index in [9.17, 15) is 0 Å². The summed E-state index contributed by atoms with van der Waals surface area (Å²) in [6.45, 7) is 14.7. The van der Waals surface area contributed by atoms with Gasteiger partial charge < -0.3 is 4.74 Å². The van der Waals surface area contributed by atoms with Crippen molar-refractivity contribution in [2.24, 2.45) is 5.92 Å². The molecule has 35 heavy (non-hydrogen) atoms. The fourth-order valence-electron chi connectivity index (χ4n) is 4.33. The minimum absolute atomic E-state index is 0.549. The van der Waals surface area contributed by atoms with Gasteiger partial charge in [-0.05, 0) is 65.9 Å². The minimum atomic E-state index is 0.549. The molecule has 2 aromatic carbocycles. The molecule has 0 bridgehead atoms. The van der Waals surface area contributed by atoms with E-state index < -0.39 is 0 Å². The first-order valence-corrected chi connectivity index (χ1v) is 14.2. The molecule has 0 spiro atoms. The molecule has 1 heterocycles. The van der Waals surface area contributed by atoms with Crippen molar-refractivity contribution in [2.75, 3.05) is 18.2 Å². The van der Waals surface area contributed by atoms with Crippen LogP contribution in [0, 0.1) is 5.92 Å². The van der Waals surface area contributed by atoms with E-state index in [1.165, 1.54) is 31.4 Å². The van der Waals surface area contributed by atoms with Crippen LogP contribution in [0.4, 0.5) is 5.69 Å². The lowest BCUT2D eigenvalue weighted by molar-refractivity contribution is 0.264. The van der Waals surface area contributed by atoms with Crippen molar-refractivity contribution < 1.29 is 4.74 Å². The molecule has 1 aliphatic rings. The quantitative estimate of drug-likeness (QED) is 0.262. The highest BCUT2D eigenvalue weighted by molar-refractivity contribution is 9.12. The van der Waals surface area contributed by atoms with E-state index in [0.717, 1.165) is 53.5 Å². The highest BCUT2D eigenvalue weighted by atomic mass is 79.9. The minimum Gasteiger partial charge on any atom is -0.494 e. The Morgan fingerprint density at radius 2 is 1.57 bits per heavy atom. The first-order chi connectivity index (χ1) is 16.9. The predicted octanol–water partition coefficient (Wildman–Crippen LogP) is 10.3. The number of ether oxygens (including phenoxy) is 1. The Kier molecular flexibility index (Phi) is 13.1. The molecule has 0 fully saturated rings. The van der Waals surface area contributed by atoms with Crippen LogP contribution in [0.5, 0.6) is 5.75 Å². The number of halogens is 3. The van der Waals surface area contributed by atoms with Crippen molar-refractivity contribution in [3.8, 4) is 5.75 Å². The third-order valence-electron chi connectivity index (χ3n) is 6.03. The fourth-order valence-corrected chi connectivity index (χ4v) is 5.27. The Morgan fingerprint density at radius 1 is 0.914 bits per heavy atom. The second kappa shape index (κ2) is 15.5. The van der Waals surface area contributed by atoms with E-state index in [2.05, 4.69) is 72.4 Å². The lowest BCUT2D eigenvalue weighted by atomic mass is 9.95. The molecule has 2 aromatic rings. The summed E-state index contributed by atoms with van der Waals surface area (Å²) >= 11 is 15.4. The molecule has 0 radical (unpaired) electrons. The maximum Gasteiger partial charge on any atom is 0.120 e. The normalized spacial score (nSPS) is 13.4. The Balaban J connectivity index is 0.000000247. The first-order valence-electron chi connectivity index (χ1n) is 12.7. The van der Waals surface area contributed by atoms with Crippen molar-refractivity contribution in [2.45, 2.75) is 66.2 Å². The lowest BCUT2D eigenvalue weighted by Gasteiger charge is -2.33. The molecule has 3 nitrogen and oxygen atoms in total. The van der Waals surface area contributed by atoms with Crippen molar-refractivity contribution in [1.29, 1.82) is 0 Å². The highest BCUT2D eigenvalue weighted by Gasteiger charge is 2.30. The van der Waals surface area contributed by atoms with Crippen LogP contribution in [0.15, 0.2) is 71.0 Å². The van der Waals surface area contributed by atoms with Gasteiger partial charge in [-0.3, -0.25) is 10.0 Å². The van der Waals surface area contributed by atoms with E-state index in [1.807, 2.05) is 24.3 Å². The topological polar surface area (TPSA) is 15.7 Å². The van der Waals surface area contributed by atoms with Gasteiger partial charge >= 0.3 is 0 Å². The average Bonchev–Trinajstić information content (AvgIpc) is 3.11. The Hall–Kier alpha value is -1.62. The number of benzene rings is 2. The van der Waals surface area contributed by atoms with E-state index in [-0.39, 0.29) is 0 Å². The van der Waals surface area contributed by atoms with Crippen molar-refractivity contribution >= 4 is 44.8 Å². The van der Waals surface area contributed by atoms with Crippen LogP contribution in [0.2, 0.25) is 10.0 Å². The SMILES string of the molecule is C=C1C(Br)=C(CC)N(CC)N1c1ccccc1.CCCC(CCC)CCOc1ccc(Cl)c(Cl)c1. The zero-order valence-corrected chi connectivity index (χ0v) is 24.6. The molecule has 0 atom stereocenters. The predicted molar refractivity (Wildman–Crippen MR) is 157 cm³/mol. The molecular formula is C29H39BrCl2N2O. The van der Waals surface area contributed by atoms with Gasteiger partial charge in [0, 0.05) is 12.6 Å². The van der Waals surface area contributed by atoms with Crippen LogP contribution < -0.4 is 9.75 Å². The maximum atomic E-state index is 5.94. The van der Waals surface area contributed by atoms with E-state index in [1.54, 1.807) is 12.1 Å². The molecule has 1 aliphatic heterocycles. The van der Waals surface area contributed by atoms with Gasteiger partial charge in [-0.2, -0.15) is 0 Å². The van der Waals surface area contributed by atoms with Crippen LogP contribution in [0.1, 0.15) is 66.2 Å². The summed E-state index contributed by atoms with van der Waals surface area (Å²) in [7, 11) is 0. The maximum absolute atomic E-state index is 5.94. The summed E-state index contributed by atoms with van der Waals surface area (Å²) in [5.74, 6) is 1.58. The van der Waals surface area contributed by atoms with Crippen LogP contribution in [-0.2, 0) is 0 Å². The van der Waals surface area contributed by atoms with E-state index in [0.29, 0.717) is 10.0 Å². The number of hydrogen-bond donors (Lipinski definition) is 0. The summed E-state index contributed by atoms with van der Waals surface area (Å²) < 4.78 is 6.84. The van der Waals surface area contributed by atoms with Crippen molar-refractivity contribution in [3.05, 3.63) is 81.0 Å². The van der Waals surface area contributed by atoms with Crippen molar-refractivity contribution in [3.63, 3.8) is 0 Å². The van der Waals surface area contributed by atoms with Gasteiger partial charge in [0.25, 0.3) is 0 Å². The molecule has 0 aromatic heterocycles. The molecule has 0 saturated carbocycles. The summed E-state index contributed by atoms with van der Waals surface area (Å²) in [5, 5.41) is 5.55. The number of nitrogens with zero attached hydrogens (tertiary/aromatic N) is 2. The zero-order chi connectivity index (χ0) is 25.8. The van der Waals surface area contributed by atoms with Gasteiger partial charge in [0.05, 0.1) is 38.2 Å². The first kappa shape index (κ1) is 29.6. The smallest absolute Gasteiger partial charge is 0.120 e. The van der Waals surface area contributed by atoms with Crippen LogP contribution >= 0.6 is 39.1 Å². The van der Waals surface area contributed by atoms with Gasteiger partial charge in [-0.15, -0.1) is 0 Å². The molecule has 0 saturated heterocycles. The molecule has 3 rings (SSSR count). The van der Waals surface area contributed by atoms with Crippen LogP contribution in [-0.4, -0.2) is 18.2 Å². The molecule has 6 heteroatoms. The zero-order valence-electron chi connectivity index (χ0n) is 21.5. The number of allylic oxidation sites excluding steroid dienone is 2. The summed E-state index contributed by atoms with van der Waals surface area (Å²) in [6, 6.07) is 15.8. The Labute approximate surface area is 230 Å². The molecule has 0 aliphatic carbocycles.